The molecule has 0 saturated carbocycles. The molecule has 59 heavy (non-hydrogen) atoms. The summed E-state index contributed by atoms with van der Waals surface area (Å²) >= 11 is 0. The Morgan fingerprint density at radius 1 is 0.220 bits per heavy atom. The van der Waals surface area contributed by atoms with Gasteiger partial charge in [0.1, 0.15) is 0 Å². The van der Waals surface area contributed by atoms with E-state index >= 15 is 0 Å². The van der Waals surface area contributed by atoms with Gasteiger partial charge in [0.15, 0.2) is 0 Å². The lowest BCUT2D eigenvalue weighted by molar-refractivity contribution is 1.28. The molecule has 0 radical (unpaired) electrons. The topological polar surface area (TPSA) is 3.24 Å². The van der Waals surface area contributed by atoms with Gasteiger partial charge in [0.2, 0.25) is 0 Å². The Labute approximate surface area is 352 Å². The smallest absolute Gasteiger partial charge is 0.0645 e. The Balaban J connectivity index is 1.06. The first-order valence-corrected chi connectivity index (χ1v) is 19.9. The maximum Gasteiger partial charge on any atom is 0.0645 e. The Hall–Kier alpha value is -7.74. The molecule has 0 aromatic heterocycles. The molecule has 0 aliphatic carbocycles. The standard InChI is InChI=1S/C58H41N/c1-3-12-42(13-4-1)49-18-9-20-51(38-49)45-26-32-56(33-27-45)59(57-34-28-46(29-35-57)52-21-10-19-50(39-52)43-14-5-2-6-15-43)58-36-30-47(31-37-58)53-22-11-23-54(40-53)55-25-24-44-16-7-8-17-48(44)41-55/h1-41H/i30D,31D,36D,37D. The molecule has 1 nitrogen and oxygen atoms in total. The zero-order valence-corrected chi connectivity index (χ0v) is 32.3. The van der Waals surface area contributed by atoms with E-state index in [0.717, 1.165) is 66.4 Å². The summed E-state index contributed by atoms with van der Waals surface area (Å²) in [5, 5.41) is 2.27. The Kier molecular flexibility index (Phi) is 8.51. The van der Waals surface area contributed by atoms with E-state index in [0.29, 0.717) is 16.9 Å². The lowest BCUT2D eigenvalue weighted by atomic mass is 9.97. The van der Waals surface area contributed by atoms with Crippen molar-refractivity contribution in [2.75, 3.05) is 4.90 Å². The van der Waals surface area contributed by atoms with Crippen LogP contribution in [0.1, 0.15) is 5.48 Å². The van der Waals surface area contributed by atoms with Crippen LogP contribution in [0.15, 0.2) is 249 Å². The summed E-state index contributed by atoms with van der Waals surface area (Å²) < 4.78 is 38.1. The first kappa shape index (κ1) is 31.4. The van der Waals surface area contributed by atoms with Gasteiger partial charge in [0.05, 0.1) is 5.48 Å². The fourth-order valence-electron chi connectivity index (χ4n) is 7.82. The molecule has 0 amide bonds. The van der Waals surface area contributed by atoms with Crippen molar-refractivity contribution in [3.8, 4) is 66.8 Å². The summed E-state index contributed by atoms with van der Waals surface area (Å²) in [4.78, 5) is 1.85. The predicted octanol–water partition coefficient (Wildman–Crippen LogP) is 16.3. The van der Waals surface area contributed by atoms with E-state index in [1.807, 2.05) is 102 Å². The number of hydrogen-bond donors (Lipinski definition) is 0. The minimum Gasteiger partial charge on any atom is -0.311 e. The number of hydrogen-bond acceptors (Lipinski definition) is 1. The van der Waals surface area contributed by atoms with Gasteiger partial charge in [-0.2, -0.15) is 0 Å². The SMILES string of the molecule is [2H]c1c([2H])c(N(c2ccc(-c3cccc(-c4ccccc4)c3)cc2)c2ccc(-c3cccc(-c4ccccc4)c3)cc2)c([2H])c([2H])c1-c1cccc(-c2ccc3ccccc3c2)c1. The number of benzene rings is 10. The van der Waals surface area contributed by atoms with Crippen molar-refractivity contribution in [2.45, 2.75) is 0 Å². The van der Waals surface area contributed by atoms with E-state index in [9.17, 15) is 5.48 Å². The minimum absolute atomic E-state index is 0.102. The molecule has 0 N–H and O–H groups in total. The van der Waals surface area contributed by atoms with Gasteiger partial charge in [-0.1, -0.05) is 188 Å². The zero-order valence-electron chi connectivity index (χ0n) is 36.3. The Morgan fingerprint density at radius 2 is 0.559 bits per heavy atom. The van der Waals surface area contributed by atoms with Gasteiger partial charge < -0.3 is 4.90 Å². The van der Waals surface area contributed by atoms with Crippen LogP contribution in [0.3, 0.4) is 0 Å². The molecule has 0 aliphatic heterocycles. The molecule has 10 aromatic rings. The van der Waals surface area contributed by atoms with Gasteiger partial charge in [-0.05, 0) is 138 Å². The van der Waals surface area contributed by atoms with Crippen molar-refractivity contribution in [1.29, 1.82) is 0 Å². The van der Waals surface area contributed by atoms with Crippen molar-refractivity contribution in [1.82, 2.24) is 0 Å². The normalized spacial score (nSPS) is 12.0. The quantitative estimate of drug-likeness (QED) is 0.142. The molecule has 0 atom stereocenters. The molecule has 0 heterocycles. The number of nitrogens with zero attached hydrogens (tertiary/aromatic N) is 1. The highest BCUT2D eigenvalue weighted by molar-refractivity contribution is 5.88. The molecular weight excluding hydrogens is 711 g/mol. The van der Waals surface area contributed by atoms with Crippen molar-refractivity contribution in [3.05, 3.63) is 249 Å². The highest BCUT2D eigenvalue weighted by Crippen LogP contribution is 2.39. The van der Waals surface area contributed by atoms with Crippen LogP contribution in [0.4, 0.5) is 17.1 Å². The molecule has 10 rings (SSSR count). The molecule has 10 aromatic carbocycles. The molecule has 278 valence electrons. The van der Waals surface area contributed by atoms with E-state index in [1.54, 1.807) is 0 Å². The molecule has 0 unspecified atom stereocenters. The van der Waals surface area contributed by atoms with E-state index in [4.69, 9.17) is 0 Å². The predicted molar refractivity (Wildman–Crippen MR) is 251 cm³/mol. The minimum atomic E-state index is -0.124. The third kappa shape index (κ3) is 7.58. The van der Waals surface area contributed by atoms with Crippen LogP contribution in [-0.4, -0.2) is 0 Å². The maximum atomic E-state index is 9.59. The second kappa shape index (κ2) is 16.0. The highest BCUT2D eigenvalue weighted by atomic mass is 15.1. The fourth-order valence-corrected chi connectivity index (χ4v) is 7.82. The van der Waals surface area contributed by atoms with Crippen LogP contribution in [0, 0.1) is 0 Å². The summed E-state index contributed by atoms with van der Waals surface area (Å²) in [6, 6.07) is 75.6. The highest BCUT2D eigenvalue weighted by Gasteiger charge is 2.15. The average Bonchev–Trinajstić information content (AvgIpc) is 3.35. The number of fused-ring (bicyclic) bond motifs is 1. The Bertz CT molecular complexity index is 3100. The van der Waals surface area contributed by atoms with Crippen LogP contribution in [-0.2, 0) is 0 Å². The zero-order chi connectivity index (χ0) is 42.9. The first-order valence-electron chi connectivity index (χ1n) is 21.9. The molecule has 0 fully saturated rings. The van der Waals surface area contributed by atoms with Crippen LogP contribution >= 0.6 is 0 Å². The van der Waals surface area contributed by atoms with E-state index in [2.05, 4.69) is 127 Å². The molecule has 1 heteroatoms. The van der Waals surface area contributed by atoms with Crippen LogP contribution in [0.5, 0.6) is 0 Å². The van der Waals surface area contributed by atoms with Crippen molar-refractivity contribution < 1.29 is 5.48 Å². The summed E-state index contributed by atoms with van der Waals surface area (Å²) in [6.07, 6.45) is 0. The second-order valence-corrected chi connectivity index (χ2v) is 14.7. The third-order valence-electron chi connectivity index (χ3n) is 10.9. The lowest BCUT2D eigenvalue weighted by Crippen LogP contribution is -2.09. The summed E-state index contributed by atoms with van der Waals surface area (Å²) in [7, 11) is 0. The third-order valence-corrected chi connectivity index (χ3v) is 10.9. The van der Waals surface area contributed by atoms with Crippen LogP contribution in [0.2, 0.25) is 0 Å². The molecule has 0 aliphatic rings. The van der Waals surface area contributed by atoms with E-state index in [-0.39, 0.29) is 35.4 Å². The van der Waals surface area contributed by atoms with Gasteiger partial charge >= 0.3 is 0 Å². The summed E-state index contributed by atoms with van der Waals surface area (Å²) in [5.41, 5.74) is 13.1. The summed E-state index contributed by atoms with van der Waals surface area (Å²) in [6.45, 7) is 0. The van der Waals surface area contributed by atoms with Crippen molar-refractivity contribution in [3.63, 3.8) is 0 Å². The molecule has 0 bridgehead atoms. The van der Waals surface area contributed by atoms with Crippen molar-refractivity contribution >= 4 is 27.8 Å². The number of anilines is 3. The van der Waals surface area contributed by atoms with E-state index in [1.165, 1.54) is 0 Å². The van der Waals surface area contributed by atoms with Gasteiger partial charge in [-0.15, -0.1) is 0 Å². The fraction of sp³-hybridized carbons (Fsp3) is 0. The van der Waals surface area contributed by atoms with Gasteiger partial charge in [-0.25, -0.2) is 0 Å². The van der Waals surface area contributed by atoms with Gasteiger partial charge in [-0.3, -0.25) is 0 Å². The van der Waals surface area contributed by atoms with Gasteiger partial charge in [0.25, 0.3) is 0 Å². The average molecular weight is 756 g/mol. The van der Waals surface area contributed by atoms with Crippen LogP contribution < -0.4 is 4.90 Å². The monoisotopic (exact) mass is 755 g/mol. The second-order valence-electron chi connectivity index (χ2n) is 14.7. The number of rotatable bonds is 9. The van der Waals surface area contributed by atoms with E-state index < -0.39 is 0 Å². The molecule has 0 saturated heterocycles. The first-order chi connectivity index (χ1) is 30.9. The molecular formula is C58H41N. The largest absolute Gasteiger partial charge is 0.311 e. The lowest BCUT2D eigenvalue weighted by Gasteiger charge is -2.26. The van der Waals surface area contributed by atoms with Crippen molar-refractivity contribution in [2.24, 2.45) is 0 Å². The Morgan fingerprint density at radius 3 is 1.03 bits per heavy atom. The summed E-state index contributed by atoms with van der Waals surface area (Å²) in [5.74, 6) is 0. The molecule has 0 spiro atoms. The van der Waals surface area contributed by atoms with Gasteiger partial charge in [0, 0.05) is 17.1 Å². The van der Waals surface area contributed by atoms with Crippen LogP contribution in [0.25, 0.3) is 77.5 Å². The maximum absolute atomic E-state index is 9.59.